The average Bonchev–Trinajstić information content (AvgIpc) is 3.27. The summed E-state index contributed by atoms with van der Waals surface area (Å²) in [6.07, 6.45) is 1.50. The van der Waals surface area contributed by atoms with Gasteiger partial charge < -0.3 is 9.84 Å². The zero-order valence-corrected chi connectivity index (χ0v) is 13.7. The molecule has 2 aromatic heterocycles. The predicted molar refractivity (Wildman–Crippen MR) is 85.7 cm³/mol. The second-order valence-electron chi connectivity index (χ2n) is 5.57. The van der Waals surface area contributed by atoms with Crippen LogP contribution in [0.25, 0.3) is 17.1 Å². The number of rotatable bonds is 3. The highest BCUT2D eigenvalue weighted by Crippen LogP contribution is 2.29. The standard InChI is InChI=1S/C14H15ClN8O/c1-22-5-4-16-7-12(22)13-18-14(24-19-13)10-6-9(15)2-3-11(10)23-8-17-20-21-23/h2-3,6,8,12,16H,4-5,7H2,1H3. The molecule has 0 bridgehead atoms. The lowest BCUT2D eigenvalue weighted by Gasteiger charge is -2.30. The molecule has 0 spiro atoms. The molecule has 0 radical (unpaired) electrons. The summed E-state index contributed by atoms with van der Waals surface area (Å²) in [7, 11) is 2.05. The summed E-state index contributed by atoms with van der Waals surface area (Å²) in [4.78, 5) is 6.77. The largest absolute Gasteiger partial charge is 0.334 e. The monoisotopic (exact) mass is 346 g/mol. The smallest absolute Gasteiger partial charge is 0.260 e. The minimum absolute atomic E-state index is 0.0759. The summed E-state index contributed by atoms with van der Waals surface area (Å²) in [5.41, 5.74) is 1.40. The molecular weight excluding hydrogens is 332 g/mol. The topological polar surface area (TPSA) is 97.8 Å². The number of aromatic nitrogens is 6. The van der Waals surface area contributed by atoms with Crippen LogP contribution in [0.4, 0.5) is 0 Å². The minimum atomic E-state index is 0.0759. The second-order valence-corrected chi connectivity index (χ2v) is 6.01. The zero-order chi connectivity index (χ0) is 16.5. The van der Waals surface area contributed by atoms with Crippen molar-refractivity contribution in [1.82, 2.24) is 40.6 Å². The van der Waals surface area contributed by atoms with Crippen LogP contribution in [-0.4, -0.2) is 61.9 Å². The maximum Gasteiger partial charge on any atom is 0.260 e. The Morgan fingerprint density at radius 3 is 3.08 bits per heavy atom. The van der Waals surface area contributed by atoms with Crippen LogP contribution in [0, 0.1) is 0 Å². The lowest BCUT2D eigenvalue weighted by molar-refractivity contribution is 0.190. The number of tetrazole rings is 1. The van der Waals surface area contributed by atoms with Crippen LogP contribution in [0.3, 0.4) is 0 Å². The van der Waals surface area contributed by atoms with E-state index in [1.54, 1.807) is 12.1 Å². The van der Waals surface area contributed by atoms with E-state index in [0.29, 0.717) is 22.3 Å². The Bertz CT molecular complexity index is 833. The molecule has 1 saturated heterocycles. The number of halogens is 1. The molecule has 1 aliphatic heterocycles. The molecule has 1 aliphatic rings. The molecule has 4 rings (SSSR count). The van der Waals surface area contributed by atoms with Crippen LogP contribution in [-0.2, 0) is 0 Å². The highest BCUT2D eigenvalue weighted by Gasteiger charge is 2.26. The number of benzene rings is 1. The third-order valence-corrected chi connectivity index (χ3v) is 4.27. The van der Waals surface area contributed by atoms with Crippen molar-refractivity contribution in [2.24, 2.45) is 0 Å². The van der Waals surface area contributed by atoms with Gasteiger partial charge in [0.15, 0.2) is 5.82 Å². The third kappa shape index (κ3) is 2.77. The maximum atomic E-state index is 6.14. The van der Waals surface area contributed by atoms with Crippen molar-refractivity contribution in [2.45, 2.75) is 6.04 Å². The number of hydrogen-bond acceptors (Lipinski definition) is 8. The lowest BCUT2D eigenvalue weighted by Crippen LogP contribution is -2.44. The number of likely N-dealkylation sites (N-methyl/N-ethyl adjacent to an activating group) is 1. The Balaban J connectivity index is 1.73. The van der Waals surface area contributed by atoms with Crippen LogP contribution < -0.4 is 5.32 Å². The van der Waals surface area contributed by atoms with Crippen LogP contribution in [0.1, 0.15) is 11.9 Å². The lowest BCUT2D eigenvalue weighted by atomic mass is 10.1. The van der Waals surface area contributed by atoms with Gasteiger partial charge in [0.2, 0.25) is 0 Å². The third-order valence-electron chi connectivity index (χ3n) is 4.04. The molecule has 1 N–H and O–H groups in total. The summed E-state index contributed by atoms with van der Waals surface area (Å²) in [5, 5.41) is 19.3. The van der Waals surface area contributed by atoms with Gasteiger partial charge in [-0.2, -0.15) is 9.67 Å². The number of nitrogens with one attached hydrogen (secondary N) is 1. The molecule has 3 aromatic rings. The maximum absolute atomic E-state index is 6.14. The fourth-order valence-electron chi connectivity index (χ4n) is 2.72. The molecule has 1 atom stereocenters. The van der Waals surface area contributed by atoms with Crippen molar-refractivity contribution in [3.63, 3.8) is 0 Å². The van der Waals surface area contributed by atoms with Crippen molar-refractivity contribution in [1.29, 1.82) is 0 Å². The van der Waals surface area contributed by atoms with Crippen LogP contribution in [0.15, 0.2) is 29.0 Å². The first-order valence-corrected chi connectivity index (χ1v) is 7.88. The van der Waals surface area contributed by atoms with E-state index in [0.717, 1.165) is 25.3 Å². The number of piperazine rings is 1. The quantitative estimate of drug-likeness (QED) is 0.748. The van der Waals surface area contributed by atoms with Gasteiger partial charge >= 0.3 is 0 Å². The Morgan fingerprint density at radius 2 is 2.29 bits per heavy atom. The Kier molecular flexibility index (Phi) is 3.97. The van der Waals surface area contributed by atoms with E-state index in [2.05, 4.69) is 35.9 Å². The average molecular weight is 347 g/mol. The Hall–Kier alpha value is -2.36. The number of hydrogen-bond donors (Lipinski definition) is 1. The zero-order valence-electron chi connectivity index (χ0n) is 12.9. The van der Waals surface area contributed by atoms with E-state index in [9.17, 15) is 0 Å². The van der Waals surface area contributed by atoms with E-state index in [-0.39, 0.29) is 6.04 Å². The van der Waals surface area contributed by atoms with Gasteiger partial charge in [-0.25, -0.2) is 0 Å². The second kappa shape index (κ2) is 6.27. The van der Waals surface area contributed by atoms with E-state index >= 15 is 0 Å². The van der Waals surface area contributed by atoms with E-state index < -0.39 is 0 Å². The fourth-order valence-corrected chi connectivity index (χ4v) is 2.90. The van der Waals surface area contributed by atoms with E-state index in [1.165, 1.54) is 11.0 Å². The Labute approximate surface area is 142 Å². The molecule has 0 saturated carbocycles. The highest BCUT2D eigenvalue weighted by atomic mass is 35.5. The molecule has 9 nitrogen and oxygen atoms in total. The first kappa shape index (κ1) is 15.2. The molecule has 24 heavy (non-hydrogen) atoms. The summed E-state index contributed by atoms with van der Waals surface area (Å²) in [6.45, 7) is 2.67. The summed E-state index contributed by atoms with van der Waals surface area (Å²) in [6, 6.07) is 5.41. The molecule has 0 aliphatic carbocycles. The van der Waals surface area contributed by atoms with Crippen molar-refractivity contribution in [3.8, 4) is 17.1 Å². The molecule has 124 valence electrons. The highest BCUT2D eigenvalue weighted by molar-refractivity contribution is 6.31. The fraction of sp³-hybridized carbons (Fsp3) is 0.357. The van der Waals surface area contributed by atoms with E-state index in [4.69, 9.17) is 16.1 Å². The van der Waals surface area contributed by atoms with Gasteiger partial charge in [0, 0.05) is 24.7 Å². The van der Waals surface area contributed by atoms with Crippen LogP contribution in [0.2, 0.25) is 5.02 Å². The molecule has 3 heterocycles. The molecule has 0 amide bonds. The normalized spacial score (nSPS) is 18.8. The molecule has 1 fully saturated rings. The minimum Gasteiger partial charge on any atom is -0.334 e. The van der Waals surface area contributed by atoms with Gasteiger partial charge in [0.05, 0.1) is 17.3 Å². The molecule has 1 aromatic carbocycles. The van der Waals surface area contributed by atoms with E-state index in [1.807, 2.05) is 13.1 Å². The SMILES string of the molecule is CN1CCNCC1c1noc(-c2cc(Cl)ccc2-n2cnnn2)n1. The first-order valence-electron chi connectivity index (χ1n) is 7.50. The first-order chi connectivity index (χ1) is 11.7. The molecule has 1 unspecified atom stereocenters. The van der Waals surface area contributed by atoms with Crippen molar-refractivity contribution in [2.75, 3.05) is 26.7 Å². The van der Waals surface area contributed by atoms with Gasteiger partial charge in [-0.3, -0.25) is 4.90 Å². The van der Waals surface area contributed by atoms with Crippen LogP contribution >= 0.6 is 11.6 Å². The van der Waals surface area contributed by atoms with Gasteiger partial charge in [0.1, 0.15) is 6.33 Å². The predicted octanol–water partition coefficient (Wildman–Crippen LogP) is 0.942. The van der Waals surface area contributed by atoms with Crippen molar-refractivity contribution >= 4 is 11.6 Å². The summed E-state index contributed by atoms with van der Waals surface area (Å²) in [5.74, 6) is 1.03. The molecule has 10 heteroatoms. The molecular formula is C14H15ClN8O. The summed E-state index contributed by atoms with van der Waals surface area (Å²) < 4.78 is 7.02. The van der Waals surface area contributed by atoms with Gasteiger partial charge in [-0.05, 0) is 35.7 Å². The van der Waals surface area contributed by atoms with Gasteiger partial charge in [0.25, 0.3) is 5.89 Å². The van der Waals surface area contributed by atoms with Crippen molar-refractivity contribution in [3.05, 3.63) is 35.4 Å². The van der Waals surface area contributed by atoms with Crippen LogP contribution in [0.5, 0.6) is 0 Å². The Morgan fingerprint density at radius 1 is 1.38 bits per heavy atom. The number of nitrogens with zero attached hydrogens (tertiary/aromatic N) is 7. The van der Waals surface area contributed by atoms with Gasteiger partial charge in [-0.1, -0.05) is 16.8 Å². The summed E-state index contributed by atoms with van der Waals surface area (Å²) >= 11 is 6.14. The van der Waals surface area contributed by atoms with Crippen molar-refractivity contribution < 1.29 is 4.52 Å². The van der Waals surface area contributed by atoms with Gasteiger partial charge in [-0.15, -0.1) is 5.10 Å².